The predicted molar refractivity (Wildman–Crippen MR) is 66.6 cm³/mol. The lowest BCUT2D eigenvalue weighted by molar-refractivity contribution is -0.122. The number of nitrogens with zero attached hydrogens (tertiary/aromatic N) is 3. The summed E-state index contributed by atoms with van der Waals surface area (Å²) in [7, 11) is 0. The van der Waals surface area contributed by atoms with Gasteiger partial charge >= 0.3 is 0 Å². The minimum absolute atomic E-state index is 0.0327. The third-order valence-corrected chi connectivity index (χ3v) is 2.61. The Labute approximate surface area is 109 Å². The van der Waals surface area contributed by atoms with Crippen molar-refractivity contribution in [3.8, 4) is 6.07 Å². The topological polar surface area (TPSA) is 110 Å². The highest BCUT2D eigenvalue weighted by molar-refractivity contribution is 5.76. The fourth-order valence-corrected chi connectivity index (χ4v) is 1.65. The summed E-state index contributed by atoms with van der Waals surface area (Å²) in [6.07, 6.45) is 1.54. The Balaban J connectivity index is 1.98. The highest BCUT2D eigenvalue weighted by Crippen LogP contribution is 2.14. The van der Waals surface area contributed by atoms with Crippen LogP contribution in [0.25, 0.3) is 0 Å². The fraction of sp³-hybridized carbons (Fsp3) is 0.250. The van der Waals surface area contributed by atoms with Crippen molar-refractivity contribution in [3.05, 3.63) is 35.4 Å². The zero-order valence-electron chi connectivity index (χ0n) is 10.4. The maximum Gasteiger partial charge on any atom is 0.242 e. The largest absolute Gasteiger partial charge is 0.467 e. The van der Waals surface area contributed by atoms with Crippen molar-refractivity contribution in [2.75, 3.05) is 5.73 Å². The molecule has 0 bridgehead atoms. The average Bonchev–Trinajstić information content (AvgIpc) is 2.97. The SMILES string of the molecule is Cc1nn(CC(=O)NCc2ccco2)c(N)c1C#N. The summed E-state index contributed by atoms with van der Waals surface area (Å²) in [5, 5.41) is 15.6. The Bertz CT molecular complexity index is 621. The Morgan fingerprint density at radius 2 is 2.47 bits per heavy atom. The van der Waals surface area contributed by atoms with Crippen molar-refractivity contribution in [3.63, 3.8) is 0 Å². The molecule has 7 heteroatoms. The zero-order valence-corrected chi connectivity index (χ0v) is 10.4. The zero-order chi connectivity index (χ0) is 13.8. The third kappa shape index (κ3) is 2.74. The van der Waals surface area contributed by atoms with E-state index in [1.807, 2.05) is 6.07 Å². The number of anilines is 1. The Morgan fingerprint density at radius 1 is 1.68 bits per heavy atom. The van der Waals surface area contributed by atoms with Crippen LogP contribution >= 0.6 is 0 Å². The fourth-order valence-electron chi connectivity index (χ4n) is 1.65. The maximum absolute atomic E-state index is 11.7. The molecule has 2 aromatic rings. The molecule has 0 unspecified atom stereocenters. The summed E-state index contributed by atoms with van der Waals surface area (Å²) in [6.45, 7) is 1.94. The number of nitrogen functional groups attached to an aromatic ring is 1. The number of hydrogen-bond donors (Lipinski definition) is 2. The number of nitrogens with two attached hydrogens (primary N) is 1. The molecule has 0 aliphatic rings. The van der Waals surface area contributed by atoms with Gasteiger partial charge in [0, 0.05) is 0 Å². The molecule has 0 aromatic carbocycles. The molecule has 0 aliphatic heterocycles. The second kappa shape index (κ2) is 5.27. The van der Waals surface area contributed by atoms with Crippen LogP contribution < -0.4 is 11.1 Å². The van der Waals surface area contributed by atoms with Crippen molar-refractivity contribution >= 4 is 11.7 Å². The number of rotatable bonds is 4. The van der Waals surface area contributed by atoms with Crippen molar-refractivity contribution < 1.29 is 9.21 Å². The first kappa shape index (κ1) is 12.7. The van der Waals surface area contributed by atoms with Gasteiger partial charge in [0.25, 0.3) is 0 Å². The lowest BCUT2D eigenvalue weighted by Crippen LogP contribution is -2.27. The molecule has 0 saturated carbocycles. The monoisotopic (exact) mass is 259 g/mol. The number of nitriles is 1. The molecule has 0 atom stereocenters. The van der Waals surface area contributed by atoms with Gasteiger partial charge in [0.15, 0.2) is 0 Å². The number of amides is 1. The minimum Gasteiger partial charge on any atom is -0.467 e. The van der Waals surface area contributed by atoms with E-state index in [0.29, 0.717) is 23.6 Å². The van der Waals surface area contributed by atoms with Crippen LogP contribution in [0.3, 0.4) is 0 Å². The van der Waals surface area contributed by atoms with Gasteiger partial charge in [-0.15, -0.1) is 0 Å². The van der Waals surface area contributed by atoms with E-state index in [9.17, 15) is 4.79 Å². The number of hydrogen-bond acceptors (Lipinski definition) is 5. The number of nitrogens with one attached hydrogen (secondary N) is 1. The molecule has 0 radical (unpaired) electrons. The van der Waals surface area contributed by atoms with Gasteiger partial charge < -0.3 is 15.5 Å². The van der Waals surface area contributed by atoms with Crippen LogP contribution in [0, 0.1) is 18.3 Å². The van der Waals surface area contributed by atoms with Crippen LogP contribution in [-0.2, 0) is 17.9 Å². The summed E-state index contributed by atoms with van der Waals surface area (Å²) in [5.41, 5.74) is 6.55. The molecule has 2 aromatic heterocycles. The molecule has 1 amide bonds. The van der Waals surface area contributed by atoms with Gasteiger partial charge in [0.2, 0.25) is 5.91 Å². The van der Waals surface area contributed by atoms with Gasteiger partial charge in [0.05, 0.1) is 18.5 Å². The van der Waals surface area contributed by atoms with Gasteiger partial charge in [-0.1, -0.05) is 0 Å². The van der Waals surface area contributed by atoms with Gasteiger partial charge in [-0.2, -0.15) is 10.4 Å². The van der Waals surface area contributed by atoms with Gasteiger partial charge in [-0.3, -0.25) is 4.79 Å². The maximum atomic E-state index is 11.7. The molecular weight excluding hydrogens is 246 g/mol. The summed E-state index contributed by atoms with van der Waals surface area (Å²) in [6, 6.07) is 5.47. The van der Waals surface area contributed by atoms with Crippen LogP contribution in [0.1, 0.15) is 17.0 Å². The second-order valence-corrected chi connectivity index (χ2v) is 3.97. The van der Waals surface area contributed by atoms with E-state index < -0.39 is 0 Å². The van der Waals surface area contributed by atoms with Crippen molar-refractivity contribution in [2.45, 2.75) is 20.0 Å². The first-order valence-electron chi connectivity index (χ1n) is 5.64. The van der Waals surface area contributed by atoms with E-state index in [-0.39, 0.29) is 18.3 Å². The Hall–Kier alpha value is -2.75. The molecule has 2 rings (SSSR count). The van der Waals surface area contributed by atoms with Crippen molar-refractivity contribution in [1.29, 1.82) is 5.26 Å². The van der Waals surface area contributed by atoms with E-state index in [1.165, 1.54) is 10.9 Å². The summed E-state index contributed by atoms with van der Waals surface area (Å²) in [4.78, 5) is 11.7. The van der Waals surface area contributed by atoms with Crippen molar-refractivity contribution in [1.82, 2.24) is 15.1 Å². The summed E-state index contributed by atoms with van der Waals surface area (Å²) >= 11 is 0. The summed E-state index contributed by atoms with van der Waals surface area (Å²) < 4.78 is 6.40. The first-order valence-corrected chi connectivity index (χ1v) is 5.64. The summed E-state index contributed by atoms with van der Waals surface area (Å²) in [5.74, 6) is 0.610. The van der Waals surface area contributed by atoms with Crippen LogP contribution in [0.2, 0.25) is 0 Å². The number of carbonyl (C=O) groups is 1. The van der Waals surface area contributed by atoms with Crippen LogP contribution in [0.5, 0.6) is 0 Å². The highest BCUT2D eigenvalue weighted by atomic mass is 16.3. The van der Waals surface area contributed by atoms with Gasteiger partial charge in [-0.05, 0) is 19.1 Å². The Kier molecular flexibility index (Phi) is 3.52. The highest BCUT2D eigenvalue weighted by Gasteiger charge is 2.14. The quantitative estimate of drug-likeness (QED) is 0.833. The van der Waals surface area contributed by atoms with Crippen LogP contribution in [0.15, 0.2) is 22.8 Å². The molecule has 19 heavy (non-hydrogen) atoms. The predicted octanol–water partition coefficient (Wildman–Crippen LogP) is 0.555. The molecule has 3 N–H and O–H groups in total. The normalized spacial score (nSPS) is 10.1. The number of aromatic nitrogens is 2. The standard InChI is InChI=1S/C12H13N5O2/c1-8-10(5-13)12(14)17(16-8)7-11(18)15-6-9-3-2-4-19-9/h2-4H,6-7,14H2,1H3,(H,15,18). The van der Waals surface area contributed by atoms with Gasteiger partial charge in [-0.25, -0.2) is 4.68 Å². The third-order valence-electron chi connectivity index (χ3n) is 2.61. The number of aryl methyl sites for hydroxylation is 1. The molecule has 98 valence electrons. The Morgan fingerprint density at radius 3 is 3.05 bits per heavy atom. The lowest BCUT2D eigenvalue weighted by atomic mass is 10.3. The first-order chi connectivity index (χ1) is 9.11. The molecule has 0 saturated heterocycles. The molecular formula is C12H13N5O2. The van der Waals surface area contributed by atoms with Gasteiger partial charge in [0.1, 0.15) is 29.8 Å². The molecule has 0 aliphatic carbocycles. The molecule has 2 heterocycles. The second-order valence-electron chi connectivity index (χ2n) is 3.97. The number of carbonyl (C=O) groups excluding carboxylic acids is 1. The van der Waals surface area contributed by atoms with Crippen LogP contribution in [0.4, 0.5) is 5.82 Å². The van der Waals surface area contributed by atoms with E-state index in [1.54, 1.807) is 19.1 Å². The van der Waals surface area contributed by atoms with Crippen molar-refractivity contribution in [2.24, 2.45) is 0 Å². The number of furan rings is 1. The lowest BCUT2D eigenvalue weighted by Gasteiger charge is -2.05. The van der Waals surface area contributed by atoms with E-state index in [2.05, 4.69) is 10.4 Å². The molecule has 0 spiro atoms. The van der Waals surface area contributed by atoms with E-state index in [4.69, 9.17) is 15.4 Å². The average molecular weight is 259 g/mol. The smallest absolute Gasteiger partial charge is 0.242 e. The molecule has 7 nitrogen and oxygen atoms in total. The molecule has 0 fully saturated rings. The van der Waals surface area contributed by atoms with E-state index in [0.717, 1.165) is 0 Å². The minimum atomic E-state index is -0.255. The van der Waals surface area contributed by atoms with E-state index >= 15 is 0 Å². The van der Waals surface area contributed by atoms with Crippen LogP contribution in [-0.4, -0.2) is 15.7 Å².